The van der Waals surface area contributed by atoms with Crippen LogP contribution in [0.2, 0.25) is 5.02 Å². The maximum Gasteiger partial charge on any atom is 0.118 e. The van der Waals surface area contributed by atoms with Gasteiger partial charge in [0.05, 0.1) is 7.11 Å². The topological polar surface area (TPSA) is 9.23 Å². The highest BCUT2D eigenvalue weighted by Gasteiger charge is 2.07. The van der Waals surface area contributed by atoms with Gasteiger partial charge in [-0.1, -0.05) is 51.8 Å². The van der Waals surface area contributed by atoms with Crippen LogP contribution in [0.25, 0.3) is 0 Å². The summed E-state index contributed by atoms with van der Waals surface area (Å²) in [5.41, 5.74) is 2.58. The minimum Gasteiger partial charge on any atom is -0.497 e. The Bertz CT molecular complexity index is 507. The second-order valence-corrected chi connectivity index (χ2v) is 5.95. The molecule has 0 aliphatic rings. The summed E-state index contributed by atoms with van der Waals surface area (Å²) in [5.74, 6) is 0.900. The molecule has 0 N–H and O–H groups in total. The van der Waals surface area contributed by atoms with Crippen LogP contribution < -0.4 is 4.74 Å². The lowest BCUT2D eigenvalue weighted by Crippen LogP contribution is -1.93. The fourth-order valence-electron chi connectivity index (χ4n) is 1.92. The van der Waals surface area contributed by atoms with Gasteiger partial charge in [0.15, 0.2) is 0 Å². The van der Waals surface area contributed by atoms with Crippen molar-refractivity contribution in [3.05, 3.63) is 64.7 Å². The molecule has 0 aromatic heterocycles. The Morgan fingerprint density at radius 1 is 1.05 bits per heavy atom. The van der Waals surface area contributed by atoms with Crippen LogP contribution in [-0.2, 0) is 6.42 Å². The van der Waals surface area contributed by atoms with Crippen LogP contribution in [0.3, 0.4) is 0 Å². The average molecular weight is 340 g/mol. The predicted molar refractivity (Wildman–Crippen MR) is 84.4 cm³/mol. The molecular formula is C16H16BrClO. The summed E-state index contributed by atoms with van der Waals surface area (Å²) in [6.45, 7) is 0. The highest BCUT2D eigenvalue weighted by atomic mass is 79.9. The zero-order valence-electron chi connectivity index (χ0n) is 10.8. The van der Waals surface area contributed by atoms with E-state index in [1.165, 1.54) is 11.1 Å². The molecule has 1 unspecified atom stereocenters. The minimum absolute atomic E-state index is 0.354. The van der Waals surface area contributed by atoms with Crippen LogP contribution >= 0.6 is 27.5 Å². The first-order valence-corrected chi connectivity index (χ1v) is 7.51. The van der Waals surface area contributed by atoms with Crippen molar-refractivity contribution in [2.24, 2.45) is 0 Å². The van der Waals surface area contributed by atoms with Crippen molar-refractivity contribution in [3.8, 4) is 5.75 Å². The molecule has 0 radical (unpaired) electrons. The Hall–Kier alpha value is -0.990. The molecule has 0 spiro atoms. The van der Waals surface area contributed by atoms with E-state index in [-0.39, 0.29) is 0 Å². The maximum atomic E-state index is 5.89. The third-order valence-electron chi connectivity index (χ3n) is 3.08. The number of rotatable bonds is 5. The van der Waals surface area contributed by atoms with E-state index in [9.17, 15) is 0 Å². The summed E-state index contributed by atoms with van der Waals surface area (Å²) >= 11 is 9.62. The minimum atomic E-state index is 0.354. The Morgan fingerprint density at radius 2 is 1.68 bits per heavy atom. The third-order valence-corrected chi connectivity index (χ3v) is 4.32. The van der Waals surface area contributed by atoms with Gasteiger partial charge in [-0.15, -0.1) is 0 Å². The first kappa shape index (κ1) is 14.4. The Balaban J connectivity index is 1.92. The summed E-state index contributed by atoms with van der Waals surface area (Å²) in [5, 5.41) is 0.776. The SMILES string of the molecule is COc1ccc(CCC(Br)c2ccc(Cl)cc2)cc1. The summed E-state index contributed by atoms with van der Waals surface area (Å²) in [4.78, 5) is 0.354. The molecule has 100 valence electrons. The lowest BCUT2D eigenvalue weighted by Gasteiger charge is -2.10. The maximum absolute atomic E-state index is 5.89. The zero-order chi connectivity index (χ0) is 13.7. The number of aryl methyl sites for hydroxylation is 1. The van der Waals surface area contributed by atoms with Gasteiger partial charge in [0.1, 0.15) is 5.75 Å². The number of hydrogen-bond donors (Lipinski definition) is 0. The van der Waals surface area contributed by atoms with Gasteiger partial charge in [-0.05, 0) is 48.2 Å². The van der Waals surface area contributed by atoms with Crippen LogP contribution in [0.1, 0.15) is 22.4 Å². The molecule has 1 nitrogen and oxygen atoms in total. The Kier molecular flexibility index (Phi) is 5.29. The van der Waals surface area contributed by atoms with Crippen molar-refractivity contribution in [1.82, 2.24) is 0 Å². The van der Waals surface area contributed by atoms with Crippen LogP contribution in [0.4, 0.5) is 0 Å². The molecule has 19 heavy (non-hydrogen) atoms. The molecule has 0 bridgehead atoms. The van der Waals surface area contributed by atoms with E-state index < -0.39 is 0 Å². The summed E-state index contributed by atoms with van der Waals surface area (Å²) in [6.07, 6.45) is 2.08. The van der Waals surface area contributed by atoms with E-state index in [4.69, 9.17) is 16.3 Å². The summed E-state index contributed by atoms with van der Waals surface area (Å²) < 4.78 is 5.15. The molecular weight excluding hydrogens is 324 g/mol. The molecule has 2 rings (SSSR count). The van der Waals surface area contributed by atoms with E-state index in [1.54, 1.807) is 7.11 Å². The van der Waals surface area contributed by atoms with E-state index in [0.717, 1.165) is 23.6 Å². The van der Waals surface area contributed by atoms with Crippen LogP contribution in [0.15, 0.2) is 48.5 Å². The van der Waals surface area contributed by atoms with Gasteiger partial charge in [0.2, 0.25) is 0 Å². The fourth-order valence-corrected chi connectivity index (χ4v) is 2.58. The molecule has 0 saturated heterocycles. The standard InChI is InChI=1S/C16H16BrClO/c1-19-15-9-2-12(3-10-15)4-11-16(17)13-5-7-14(18)8-6-13/h2-3,5-10,16H,4,11H2,1H3. The van der Waals surface area contributed by atoms with Gasteiger partial charge in [-0.2, -0.15) is 0 Å². The number of benzene rings is 2. The van der Waals surface area contributed by atoms with E-state index in [2.05, 4.69) is 40.2 Å². The molecule has 0 amide bonds. The van der Waals surface area contributed by atoms with Gasteiger partial charge < -0.3 is 4.74 Å². The zero-order valence-corrected chi connectivity index (χ0v) is 13.1. The first-order valence-electron chi connectivity index (χ1n) is 6.21. The van der Waals surface area contributed by atoms with Crippen LogP contribution in [0, 0.1) is 0 Å². The third kappa shape index (κ3) is 4.26. The van der Waals surface area contributed by atoms with Gasteiger partial charge in [-0.3, -0.25) is 0 Å². The second kappa shape index (κ2) is 6.97. The van der Waals surface area contributed by atoms with E-state index in [1.807, 2.05) is 24.3 Å². The smallest absolute Gasteiger partial charge is 0.118 e. The van der Waals surface area contributed by atoms with Crippen molar-refractivity contribution >= 4 is 27.5 Å². The number of alkyl halides is 1. The van der Waals surface area contributed by atoms with Gasteiger partial charge >= 0.3 is 0 Å². The molecule has 0 heterocycles. The average Bonchev–Trinajstić information content (AvgIpc) is 2.46. The van der Waals surface area contributed by atoms with Crippen molar-refractivity contribution in [1.29, 1.82) is 0 Å². The molecule has 2 aromatic rings. The quantitative estimate of drug-likeness (QED) is 0.661. The van der Waals surface area contributed by atoms with Gasteiger partial charge in [0, 0.05) is 9.85 Å². The largest absolute Gasteiger partial charge is 0.497 e. The molecule has 2 aromatic carbocycles. The van der Waals surface area contributed by atoms with Crippen molar-refractivity contribution in [2.75, 3.05) is 7.11 Å². The highest BCUT2D eigenvalue weighted by Crippen LogP contribution is 2.29. The first-order chi connectivity index (χ1) is 9.19. The number of hydrogen-bond acceptors (Lipinski definition) is 1. The molecule has 0 aliphatic heterocycles. The number of methoxy groups -OCH3 is 1. The molecule has 0 aliphatic carbocycles. The molecule has 1 atom stereocenters. The predicted octanol–water partition coefficient (Wildman–Crippen LogP) is 5.42. The van der Waals surface area contributed by atoms with Crippen LogP contribution in [-0.4, -0.2) is 7.11 Å². The molecule has 0 fully saturated rings. The lowest BCUT2D eigenvalue weighted by atomic mass is 10.0. The van der Waals surface area contributed by atoms with Crippen LogP contribution in [0.5, 0.6) is 5.75 Å². The summed E-state index contributed by atoms with van der Waals surface area (Å²) in [7, 11) is 1.68. The molecule has 0 saturated carbocycles. The normalized spacial score (nSPS) is 12.2. The fraction of sp³-hybridized carbons (Fsp3) is 0.250. The van der Waals surface area contributed by atoms with E-state index in [0.29, 0.717) is 4.83 Å². The number of halogens is 2. The van der Waals surface area contributed by atoms with Gasteiger partial charge in [0.25, 0.3) is 0 Å². The Labute approximate surface area is 127 Å². The lowest BCUT2D eigenvalue weighted by molar-refractivity contribution is 0.414. The summed E-state index contributed by atoms with van der Waals surface area (Å²) in [6, 6.07) is 16.2. The van der Waals surface area contributed by atoms with Crippen molar-refractivity contribution in [3.63, 3.8) is 0 Å². The Morgan fingerprint density at radius 3 is 2.26 bits per heavy atom. The van der Waals surface area contributed by atoms with Crippen molar-refractivity contribution in [2.45, 2.75) is 17.7 Å². The second-order valence-electron chi connectivity index (χ2n) is 4.41. The van der Waals surface area contributed by atoms with E-state index >= 15 is 0 Å². The monoisotopic (exact) mass is 338 g/mol. The molecule has 3 heteroatoms. The number of ether oxygens (including phenoxy) is 1. The van der Waals surface area contributed by atoms with Crippen molar-refractivity contribution < 1.29 is 4.74 Å². The highest BCUT2D eigenvalue weighted by molar-refractivity contribution is 9.09. The van der Waals surface area contributed by atoms with Gasteiger partial charge in [-0.25, -0.2) is 0 Å².